The molecule has 2 unspecified atom stereocenters. The summed E-state index contributed by atoms with van der Waals surface area (Å²) in [5, 5.41) is 4.32. The molecule has 2 atom stereocenters. The van der Waals surface area contributed by atoms with Crippen molar-refractivity contribution < 1.29 is 0 Å². The quantitative estimate of drug-likeness (QED) is 0.600. The second-order valence-corrected chi connectivity index (χ2v) is 3.74. The zero-order valence-corrected chi connectivity index (χ0v) is 7.00. The maximum Gasteiger partial charge on any atom is 0.0196 e. The third kappa shape index (κ3) is 1.87. The molecule has 1 N–H and O–H groups in total. The van der Waals surface area contributed by atoms with Crippen LogP contribution in [0.25, 0.3) is 0 Å². The molecule has 0 bridgehead atoms. The van der Waals surface area contributed by atoms with Crippen LogP contribution in [-0.2, 0) is 0 Å². The highest BCUT2D eigenvalue weighted by Gasteiger charge is 2.18. The van der Waals surface area contributed by atoms with E-state index in [1.807, 2.05) is 11.8 Å². The minimum absolute atomic E-state index is 0.730. The Bertz CT molecular complexity index is 85.0. The first-order valence-corrected chi connectivity index (χ1v) is 4.89. The van der Waals surface area contributed by atoms with Crippen LogP contribution in [0.3, 0.4) is 0 Å². The Hall–Kier alpha value is 0.310. The molecule has 1 nitrogen and oxygen atoms in total. The molecule has 1 heterocycles. The van der Waals surface area contributed by atoms with Gasteiger partial charge in [-0.05, 0) is 32.6 Å². The minimum atomic E-state index is 0.730. The molecule has 1 fully saturated rings. The fourth-order valence-corrected chi connectivity index (χ4v) is 2.24. The van der Waals surface area contributed by atoms with E-state index in [0.717, 1.165) is 11.3 Å². The Balaban J connectivity index is 2.30. The van der Waals surface area contributed by atoms with Crippen LogP contribution in [-0.4, -0.2) is 24.1 Å². The van der Waals surface area contributed by atoms with Crippen LogP contribution in [0.4, 0.5) is 0 Å². The molecule has 9 heavy (non-hydrogen) atoms. The van der Waals surface area contributed by atoms with Crippen LogP contribution in [0.2, 0.25) is 0 Å². The van der Waals surface area contributed by atoms with Crippen molar-refractivity contribution in [1.82, 2.24) is 5.32 Å². The first-order chi connectivity index (χ1) is 4.34. The van der Waals surface area contributed by atoms with Crippen LogP contribution in [0.5, 0.6) is 0 Å². The summed E-state index contributed by atoms with van der Waals surface area (Å²) >= 11 is 1.99. The lowest BCUT2D eigenvalue weighted by Gasteiger charge is -2.28. The number of rotatable bonds is 1. The van der Waals surface area contributed by atoms with Gasteiger partial charge in [0.25, 0.3) is 0 Å². The summed E-state index contributed by atoms with van der Waals surface area (Å²) in [6.45, 7) is 3.50. The number of nitrogens with one attached hydrogen (secondary N) is 1. The van der Waals surface area contributed by atoms with Gasteiger partial charge < -0.3 is 5.32 Å². The van der Waals surface area contributed by atoms with Gasteiger partial charge in [-0.2, -0.15) is 11.8 Å². The predicted molar refractivity (Wildman–Crippen MR) is 44.0 cm³/mol. The van der Waals surface area contributed by atoms with E-state index in [2.05, 4.69) is 18.5 Å². The Morgan fingerprint density at radius 2 is 2.33 bits per heavy atom. The lowest BCUT2D eigenvalue weighted by atomic mass is 10.1. The van der Waals surface area contributed by atoms with E-state index in [-0.39, 0.29) is 0 Å². The average Bonchev–Trinajstić information content (AvgIpc) is 1.89. The Morgan fingerprint density at radius 1 is 1.56 bits per heavy atom. The fraction of sp³-hybridized carbons (Fsp3) is 1.00. The standard InChI is InChI=1S/C7H15NS/c1-6-7(9-2)4-3-5-8-6/h6-8H,3-5H2,1-2H3. The third-order valence-electron chi connectivity index (χ3n) is 1.99. The zero-order valence-electron chi connectivity index (χ0n) is 6.18. The maximum absolute atomic E-state index is 3.46. The normalized spacial score (nSPS) is 36.7. The predicted octanol–water partition coefficient (Wildman–Crippen LogP) is 1.49. The van der Waals surface area contributed by atoms with Gasteiger partial charge in [-0.1, -0.05) is 0 Å². The number of piperidine rings is 1. The van der Waals surface area contributed by atoms with Gasteiger partial charge in [0.1, 0.15) is 0 Å². The lowest BCUT2D eigenvalue weighted by Crippen LogP contribution is -2.40. The SMILES string of the molecule is CSC1CCCNC1C. The van der Waals surface area contributed by atoms with Crippen LogP contribution in [0, 0.1) is 0 Å². The lowest BCUT2D eigenvalue weighted by molar-refractivity contribution is 0.437. The maximum atomic E-state index is 3.46. The molecule has 1 aliphatic rings. The van der Waals surface area contributed by atoms with E-state index >= 15 is 0 Å². The zero-order chi connectivity index (χ0) is 6.69. The van der Waals surface area contributed by atoms with Crippen molar-refractivity contribution in [2.75, 3.05) is 12.8 Å². The van der Waals surface area contributed by atoms with E-state index in [1.54, 1.807) is 0 Å². The fourth-order valence-electron chi connectivity index (χ4n) is 1.34. The van der Waals surface area contributed by atoms with Gasteiger partial charge in [0, 0.05) is 11.3 Å². The van der Waals surface area contributed by atoms with E-state index in [1.165, 1.54) is 19.4 Å². The summed E-state index contributed by atoms with van der Waals surface area (Å²) in [6, 6.07) is 0.730. The second kappa shape index (κ2) is 3.47. The molecule has 0 aromatic heterocycles. The molecule has 1 saturated heterocycles. The molecule has 0 radical (unpaired) electrons. The van der Waals surface area contributed by atoms with Gasteiger partial charge in [0.15, 0.2) is 0 Å². The summed E-state index contributed by atoms with van der Waals surface area (Å²) < 4.78 is 0. The highest BCUT2D eigenvalue weighted by molar-refractivity contribution is 7.99. The van der Waals surface area contributed by atoms with Crippen LogP contribution in [0.15, 0.2) is 0 Å². The number of hydrogen-bond donors (Lipinski definition) is 1. The minimum Gasteiger partial charge on any atom is -0.313 e. The van der Waals surface area contributed by atoms with Crippen molar-refractivity contribution in [3.8, 4) is 0 Å². The highest BCUT2D eigenvalue weighted by Crippen LogP contribution is 2.19. The van der Waals surface area contributed by atoms with E-state index < -0.39 is 0 Å². The molecule has 0 amide bonds. The summed E-state index contributed by atoms with van der Waals surface area (Å²) in [5.41, 5.74) is 0. The van der Waals surface area contributed by atoms with E-state index in [0.29, 0.717) is 0 Å². The first kappa shape index (κ1) is 7.42. The third-order valence-corrected chi connectivity index (χ3v) is 3.24. The summed E-state index contributed by atoms with van der Waals surface area (Å²) in [4.78, 5) is 0. The second-order valence-electron chi connectivity index (χ2n) is 2.66. The topological polar surface area (TPSA) is 12.0 Å². The van der Waals surface area contributed by atoms with Crippen molar-refractivity contribution in [3.05, 3.63) is 0 Å². The monoisotopic (exact) mass is 145 g/mol. The Kier molecular flexibility index (Phi) is 2.86. The molecule has 1 aliphatic heterocycles. The van der Waals surface area contributed by atoms with Crippen molar-refractivity contribution in [2.45, 2.75) is 31.1 Å². The van der Waals surface area contributed by atoms with Gasteiger partial charge in [-0.3, -0.25) is 0 Å². The van der Waals surface area contributed by atoms with Crippen LogP contribution < -0.4 is 5.32 Å². The van der Waals surface area contributed by atoms with Crippen LogP contribution in [0.1, 0.15) is 19.8 Å². The van der Waals surface area contributed by atoms with E-state index in [9.17, 15) is 0 Å². The Morgan fingerprint density at radius 3 is 2.78 bits per heavy atom. The van der Waals surface area contributed by atoms with Gasteiger partial charge in [0.2, 0.25) is 0 Å². The molecule has 0 aliphatic carbocycles. The number of hydrogen-bond acceptors (Lipinski definition) is 2. The smallest absolute Gasteiger partial charge is 0.0196 e. The van der Waals surface area contributed by atoms with Crippen LogP contribution >= 0.6 is 11.8 Å². The number of thioether (sulfide) groups is 1. The largest absolute Gasteiger partial charge is 0.313 e. The van der Waals surface area contributed by atoms with Gasteiger partial charge >= 0.3 is 0 Å². The molecule has 0 aromatic carbocycles. The summed E-state index contributed by atoms with van der Waals surface area (Å²) in [6.07, 6.45) is 4.96. The molecule has 2 heteroatoms. The molecule has 0 aromatic rings. The molecule has 54 valence electrons. The Labute approximate surface area is 61.6 Å². The summed E-state index contributed by atoms with van der Waals surface area (Å²) in [5.74, 6) is 0. The highest BCUT2D eigenvalue weighted by atomic mass is 32.2. The molecule has 0 spiro atoms. The van der Waals surface area contributed by atoms with Crippen molar-refractivity contribution in [2.24, 2.45) is 0 Å². The first-order valence-electron chi connectivity index (χ1n) is 3.61. The molecular formula is C7H15NS. The molecule has 1 rings (SSSR count). The van der Waals surface area contributed by atoms with Crippen molar-refractivity contribution in [1.29, 1.82) is 0 Å². The van der Waals surface area contributed by atoms with Gasteiger partial charge in [-0.25, -0.2) is 0 Å². The summed E-state index contributed by atoms with van der Waals surface area (Å²) in [7, 11) is 0. The molecule has 0 saturated carbocycles. The van der Waals surface area contributed by atoms with Crippen molar-refractivity contribution in [3.63, 3.8) is 0 Å². The van der Waals surface area contributed by atoms with Crippen molar-refractivity contribution >= 4 is 11.8 Å². The van der Waals surface area contributed by atoms with Gasteiger partial charge in [0.05, 0.1) is 0 Å². The molecular weight excluding hydrogens is 130 g/mol. The average molecular weight is 145 g/mol. The van der Waals surface area contributed by atoms with E-state index in [4.69, 9.17) is 0 Å². The van der Waals surface area contributed by atoms with Gasteiger partial charge in [-0.15, -0.1) is 0 Å².